The molecule has 1 amide bonds. The Morgan fingerprint density at radius 2 is 1.83 bits per heavy atom. The summed E-state index contributed by atoms with van der Waals surface area (Å²) in [4.78, 5) is 16.6. The van der Waals surface area contributed by atoms with E-state index in [9.17, 15) is 10.1 Å². The van der Waals surface area contributed by atoms with Crippen molar-refractivity contribution in [3.05, 3.63) is 64.1 Å². The number of para-hydroxylation sites is 1. The minimum absolute atomic E-state index is 0.154. The SMILES string of the molecule is N#Cc1ccccc1N1CCN(C(=O)Cc2cccc(Br)c2)CC1. The van der Waals surface area contributed by atoms with Crippen LogP contribution < -0.4 is 4.90 Å². The number of amides is 1. The number of anilines is 1. The monoisotopic (exact) mass is 383 g/mol. The smallest absolute Gasteiger partial charge is 0.227 e. The number of nitrogens with zero attached hydrogens (tertiary/aromatic N) is 3. The number of halogens is 1. The highest BCUT2D eigenvalue weighted by Crippen LogP contribution is 2.21. The van der Waals surface area contributed by atoms with Crippen molar-refractivity contribution in [1.29, 1.82) is 5.26 Å². The van der Waals surface area contributed by atoms with Gasteiger partial charge in [-0.3, -0.25) is 4.79 Å². The summed E-state index contributed by atoms with van der Waals surface area (Å²) in [5.41, 5.74) is 2.66. The van der Waals surface area contributed by atoms with Gasteiger partial charge in [0.15, 0.2) is 0 Å². The van der Waals surface area contributed by atoms with Gasteiger partial charge in [0.2, 0.25) is 5.91 Å². The lowest BCUT2D eigenvalue weighted by Gasteiger charge is -2.36. The van der Waals surface area contributed by atoms with E-state index in [1.807, 2.05) is 53.4 Å². The zero-order chi connectivity index (χ0) is 16.9. The molecular weight excluding hydrogens is 366 g/mol. The highest BCUT2D eigenvalue weighted by atomic mass is 79.9. The highest BCUT2D eigenvalue weighted by Gasteiger charge is 2.22. The fourth-order valence-electron chi connectivity index (χ4n) is 2.97. The zero-order valence-corrected chi connectivity index (χ0v) is 14.9. The Bertz CT molecular complexity index is 776. The molecule has 4 nitrogen and oxygen atoms in total. The predicted octanol–water partition coefficient (Wildman–Crippen LogP) is 3.21. The number of hydrogen-bond donors (Lipinski definition) is 0. The van der Waals surface area contributed by atoms with Crippen LogP contribution >= 0.6 is 15.9 Å². The van der Waals surface area contributed by atoms with Crippen molar-refractivity contribution in [3.63, 3.8) is 0 Å². The first kappa shape index (κ1) is 16.5. The second-order valence-electron chi connectivity index (χ2n) is 5.80. The van der Waals surface area contributed by atoms with Crippen molar-refractivity contribution in [2.75, 3.05) is 31.1 Å². The Morgan fingerprint density at radius 1 is 1.08 bits per heavy atom. The summed E-state index contributed by atoms with van der Waals surface area (Å²) >= 11 is 3.44. The molecule has 1 fully saturated rings. The molecule has 5 heteroatoms. The van der Waals surface area contributed by atoms with Crippen LogP contribution in [0.2, 0.25) is 0 Å². The number of benzene rings is 2. The highest BCUT2D eigenvalue weighted by molar-refractivity contribution is 9.10. The van der Waals surface area contributed by atoms with E-state index in [1.165, 1.54) is 0 Å². The average Bonchev–Trinajstić information content (AvgIpc) is 2.62. The third-order valence-corrected chi connectivity index (χ3v) is 4.74. The summed E-state index contributed by atoms with van der Waals surface area (Å²) in [6, 6.07) is 17.7. The predicted molar refractivity (Wildman–Crippen MR) is 97.8 cm³/mol. The van der Waals surface area contributed by atoms with Gasteiger partial charge < -0.3 is 9.80 Å². The first-order chi connectivity index (χ1) is 11.7. The van der Waals surface area contributed by atoms with Gasteiger partial charge in [0.05, 0.1) is 17.7 Å². The quantitative estimate of drug-likeness (QED) is 0.817. The number of rotatable bonds is 3. The molecule has 3 rings (SSSR count). The maximum absolute atomic E-state index is 12.5. The van der Waals surface area contributed by atoms with E-state index >= 15 is 0 Å². The van der Waals surface area contributed by atoms with E-state index in [0.29, 0.717) is 25.1 Å². The van der Waals surface area contributed by atoms with Crippen LogP contribution in [0.1, 0.15) is 11.1 Å². The van der Waals surface area contributed by atoms with E-state index in [2.05, 4.69) is 26.9 Å². The first-order valence-corrected chi connectivity index (χ1v) is 8.73. The average molecular weight is 384 g/mol. The summed E-state index contributed by atoms with van der Waals surface area (Å²) in [7, 11) is 0. The summed E-state index contributed by atoms with van der Waals surface area (Å²) < 4.78 is 0.991. The Hall–Kier alpha value is -2.32. The molecule has 0 atom stereocenters. The van der Waals surface area contributed by atoms with Crippen LogP contribution in [0.5, 0.6) is 0 Å². The zero-order valence-electron chi connectivity index (χ0n) is 13.3. The molecule has 0 bridgehead atoms. The fourth-order valence-corrected chi connectivity index (χ4v) is 3.42. The molecular formula is C19H18BrN3O. The Labute approximate surface area is 150 Å². The van der Waals surface area contributed by atoms with Gasteiger partial charge in [0.1, 0.15) is 6.07 Å². The van der Waals surface area contributed by atoms with Crippen molar-refractivity contribution in [1.82, 2.24) is 4.90 Å². The largest absolute Gasteiger partial charge is 0.367 e. The van der Waals surface area contributed by atoms with Crippen LogP contribution in [0, 0.1) is 11.3 Å². The van der Waals surface area contributed by atoms with Crippen molar-refractivity contribution >= 4 is 27.5 Å². The number of hydrogen-bond acceptors (Lipinski definition) is 3. The van der Waals surface area contributed by atoms with Gasteiger partial charge in [-0.1, -0.05) is 40.2 Å². The van der Waals surface area contributed by atoms with Gasteiger partial charge in [-0.05, 0) is 29.8 Å². The van der Waals surface area contributed by atoms with E-state index in [4.69, 9.17) is 0 Å². The number of nitriles is 1. The van der Waals surface area contributed by atoms with Crippen LogP contribution in [0.3, 0.4) is 0 Å². The summed E-state index contributed by atoms with van der Waals surface area (Å²) in [6.45, 7) is 2.88. The molecule has 1 saturated heterocycles. The Kier molecular flexibility index (Phi) is 5.17. The molecule has 0 N–H and O–H groups in total. The van der Waals surface area contributed by atoms with Crippen LogP contribution in [-0.4, -0.2) is 37.0 Å². The number of piperazine rings is 1. The summed E-state index contributed by atoms with van der Waals surface area (Å²) in [6.07, 6.45) is 0.425. The van der Waals surface area contributed by atoms with E-state index in [1.54, 1.807) is 0 Å². The summed E-state index contributed by atoms with van der Waals surface area (Å²) in [5.74, 6) is 0.154. The molecule has 0 spiro atoms. The van der Waals surface area contributed by atoms with Crippen LogP contribution in [0.15, 0.2) is 53.0 Å². The minimum atomic E-state index is 0.154. The van der Waals surface area contributed by atoms with E-state index in [0.717, 1.165) is 28.8 Å². The lowest BCUT2D eigenvalue weighted by atomic mass is 10.1. The van der Waals surface area contributed by atoms with Gasteiger partial charge in [0, 0.05) is 30.7 Å². The van der Waals surface area contributed by atoms with Gasteiger partial charge >= 0.3 is 0 Å². The van der Waals surface area contributed by atoms with Crippen molar-refractivity contribution < 1.29 is 4.79 Å². The molecule has 0 aliphatic carbocycles. The molecule has 1 aliphatic heterocycles. The number of carbonyl (C=O) groups is 1. The van der Waals surface area contributed by atoms with Crippen LogP contribution in [-0.2, 0) is 11.2 Å². The van der Waals surface area contributed by atoms with Crippen molar-refractivity contribution in [2.24, 2.45) is 0 Å². The molecule has 24 heavy (non-hydrogen) atoms. The van der Waals surface area contributed by atoms with E-state index < -0.39 is 0 Å². The maximum Gasteiger partial charge on any atom is 0.227 e. The molecule has 1 aliphatic rings. The first-order valence-electron chi connectivity index (χ1n) is 7.93. The van der Waals surface area contributed by atoms with Crippen molar-refractivity contribution in [3.8, 4) is 6.07 Å². The topological polar surface area (TPSA) is 47.3 Å². The van der Waals surface area contributed by atoms with Gasteiger partial charge in [-0.2, -0.15) is 5.26 Å². The van der Waals surface area contributed by atoms with Crippen molar-refractivity contribution in [2.45, 2.75) is 6.42 Å². The molecule has 2 aromatic carbocycles. The third-order valence-electron chi connectivity index (χ3n) is 4.24. The molecule has 0 unspecified atom stereocenters. The van der Waals surface area contributed by atoms with Crippen LogP contribution in [0.25, 0.3) is 0 Å². The summed E-state index contributed by atoms with van der Waals surface area (Å²) in [5, 5.41) is 9.23. The third kappa shape index (κ3) is 3.77. The molecule has 0 saturated carbocycles. The second-order valence-corrected chi connectivity index (χ2v) is 6.72. The van der Waals surface area contributed by atoms with Gasteiger partial charge in [-0.25, -0.2) is 0 Å². The van der Waals surface area contributed by atoms with Gasteiger partial charge in [-0.15, -0.1) is 0 Å². The Morgan fingerprint density at radius 3 is 2.54 bits per heavy atom. The molecule has 122 valence electrons. The molecule has 0 radical (unpaired) electrons. The van der Waals surface area contributed by atoms with Gasteiger partial charge in [0.25, 0.3) is 0 Å². The molecule has 0 aromatic heterocycles. The minimum Gasteiger partial charge on any atom is -0.367 e. The Balaban J connectivity index is 1.61. The fraction of sp³-hybridized carbons (Fsp3) is 0.263. The second kappa shape index (κ2) is 7.50. The number of carbonyl (C=O) groups excluding carboxylic acids is 1. The lowest BCUT2D eigenvalue weighted by molar-refractivity contribution is -0.130. The lowest BCUT2D eigenvalue weighted by Crippen LogP contribution is -2.49. The maximum atomic E-state index is 12.5. The van der Waals surface area contributed by atoms with Crippen LogP contribution in [0.4, 0.5) is 5.69 Å². The molecule has 2 aromatic rings. The van der Waals surface area contributed by atoms with E-state index in [-0.39, 0.29) is 5.91 Å². The standard InChI is InChI=1S/C19H18BrN3O/c20-17-6-3-4-15(12-17)13-19(24)23-10-8-22(9-11-23)18-7-2-1-5-16(18)14-21/h1-7,12H,8-11,13H2. The normalized spacial score (nSPS) is 14.3. The molecule has 1 heterocycles.